The number of hydrogen-bond donors (Lipinski definition) is 2. The summed E-state index contributed by atoms with van der Waals surface area (Å²) < 4.78 is 33.3. The number of nitrogens with two attached hydrogens (primary N) is 1. The Labute approximate surface area is 137 Å². The van der Waals surface area contributed by atoms with Crippen LogP contribution in [0.3, 0.4) is 0 Å². The monoisotopic (exact) mass is 335 g/mol. The van der Waals surface area contributed by atoms with Crippen LogP contribution < -0.4 is 10.0 Å². The summed E-state index contributed by atoms with van der Waals surface area (Å²) >= 11 is 0. The van der Waals surface area contributed by atoms with Gasteiger partial charge in [0.05, 0.1) is 17.2 Å². The first-order valence-corrected chi connectivity index (χ1v) is 9.56. The van der Waals surface area contributed by atoms with Gasteiger partial charge in [0, 0.05) is 6.42 Å². The maximum Gasteiger partial charge on any atom is 0.241 e. The molecule has 0 amide bonds. The molecule has 124 valence electrons. The lowest BCUT2D eigenvalue weighted by Gasteiger charge is -2.29. The number of hydrogen-bond acceptors (Lipinski definition) is 3. The van der Waals surface area contributed by atoms with Gasteiger partial charge in [0.25, 0.3) is 0 Å². The Hall–Kier alpha value is -1.63. The summed E-state index contributed by atoms with van der Waals surface area (Å²) in [5.41, 5.74) is 0. The lowest BCUT2D eigenvalue weighted by molar-refractivity contribution is -0.710. The first kappa shape index (κ1) is 16.2. The molecule has 3 N–H and O–H groups in total. The van der Waals surface area contributed by atoms with Crippen molar-refractivity contribution in [3.8, 4) is 0 Å². The van der Waals surface area contributed by atoms with E-state index in [0.717, 1.165) is 38.0 Å². The van der Waals surface area contributed by atoms with Crippen LogP contribution in [0.25, 0.3) is 0 Å². The van der Waals surface area contributed by atoms with Crippen LogP contribution >= 0.6 is 0 Å². The average molecular weight is 335 g/mol. The van der Waals surface area contributed by atoms with E-state index in [1.54, 1.807) is 30.5 Å². The Morgan fingerprint density at radius 1 is 1.09 bits per heavy atom. The third kappa shape index (κ3) is 4.22. The highest BCUT2D eigenvalue weighted by molar-refractivity contribution is 7.89. The van der Waals surface area contributed by atoms with Gasteiger partial charge in [0.1, 0.15) is 12.6 Å². The first-order valence-electron chi connectivity index (χ1n) is 8.08. The van der Waals surface area contributed by atoms with Crippen LogP contribution in [0.5, 0.6) is 0 Å². The van der Waals surface area contributed by atoms with Crippen molar-refractivity contribution in [2.75, 3.05) is 0 Å². The smallest absolute Gasteiger partial charge is 0.241 e. The molecule has 1 fully saturated rings. The van der Waals surface area contributed by atoms with Crippen LogP contribution in [0.1, 0.15) is 31.4 Å². The molecule has 2 aromatic rings. The van der Waals surface area contributed by atoms with Crippen molar-refractivity contribution in [1.82, 2.24) is 4.72 Å². The summed E-state index contributed by atoms with van der Waals surface area (Å²) in [5.74, 6) is 0.917. The van der Waals surface area contributed by atoms with E-state index >= 15 is 0 Å². The van der Waals surface area contributed by atoms with Crippen LogP contribution in [0.15, 0.2) is 58.0 Å². The number of sulfonamides is 1. The van der Waals surface area contributed by atoms with Crippen molar-refractivity contribution in [2.45, 2.75) is 49.2 Å². The van der Waals surface area contributed by atoms with E-state index in [2.05, 4.69) is 10.0 Å². The predicted molar refractivity (Wildman–Crippen MR) is 87.1 cm³/mol. The number of benzene rings is 1. The summed E-state index contributed by atoms with van der Waals surface area (Å²) in [6, 6.07) is 12.6. The van der Waals surface area contributed by atoms with Gasteiger partial charge in [-0.3, -0.25) is 0 Å². The largest absolute Gasteiger partial charge is 0.463 e. The maximum atomic E-state index is 12.5. The fraction of sp³-hybridized carbons (Fsp3) is 0.412. The number of rotatable bonds is 6. The molecule has 3 rings (SSSR count). The van der Waals surface area contributed by atoms with E-state index in [0.29, 0.717) is 4.90 Å². The summed E-state index contributed by atoms with van der Waals surface area (Å²) in [5, 5.41) is 2.19. The molecule has 6 heteroatoms. The molecular weight excluding hydrogens is 312 g/mol. The first-order chi connectivity index (χ1) is 11.1. The van der Waals surface area contributed by atoms with Crippen molar-refractivity contribution >= 4 is 10.0 Å². The molecule has 0 saturated heterocycles. The quantitative estimate of drug-likeness (QED) is 0.842. The van der Waals surface area contributed by atoms with Gasteiger partial charge in [0.2, 0.25) is 10.0 Å². The highest BCUT2D eigenvalue weighted by Crippen LogP contribution is 2.19. The summed E-state index contributed by atoms with van der Waals surface area (Å²) in [7, 11) is -3.46. The van der Waals surface area contributed by atoms with Crippen molar-refractivity contribution < 1.29 is 18.2 Å². The molecule has 1 heterocycles. The topological polar surface area (TPSA) is 75.9 Å². The van der Waals surface area contributed by atoms with Gasteiger partial charge in [0.15, 0.2) is 5.76 Å². The molecule has 0 bridgehead atoms. The molecule has 5 nitrogen and oxygen atoms in total. The number of nitrogens with one attached hydrogen (secondary N) is 1. The van der Waals surface area contributed by atoms with Crippen molar-refractivity contribution in [3.63, 3.8) is 0 Å². The molecule has 1 aliphatic rings. The molecule has 1 aromatic carbocycles. The van der Waals surface area contributed by atoms with E-state index in [-0.39, 0.29) is 12.1 Å². The second-order valence-corrected chi connectivity index (χ2v) is 7.72. The predicted octanol–water partition coefficient (Wildman–Crippen LogP) is 1.63. The van der Waals surface area contributed by atoms with Crippen LogP contribution in [0.4, 0.5) is 0 Å². The lowest BCUT2D eigenvalue weighted by atomic mass is 9.91. The third-order valence-electron chi connectivity index (χ3n) is 4.38. The summed E-state index contributed by atoms with van der Waals surface area (Å²) in [4.78, 5) is 0.329. The normalized spacial score (nSPS) is 22.1. The number of furan rings is 1. The molecule has 1 aliphatic carbocycles. The van der Waals surface area contributed by atoms with Gasteiger partial charge < -0.3 is 9.73 Å². The fourth-order valence-corrected chi connectivity index (χ4v) is 4.49. The van der Waals surface area contributed by atoms with Gasteiger partial charge in [-0.2, -0.15) is 0 Å². The van der Waals surface area contributed by atoms with E-state index < -0.39 is 10.0 Å². The molecule has 1 aromatic heterocycles. The zero-order valence-electron chi connectivity index (χ0n) is 13.0. The highest BCUT2D eigenvalue weighted by atomic mass is 32.2. The zero-order valence-corrected chi connectivity index (χ0v) is 13.8. The minimum absolute atomic E-state index is 0.0380. The fourth-order valence-electron chi connectivity index (χ4n) is 3.15. The minimum atomic E-state index is -3.46. The Kier molecular flexibility index (Phi) is 5.15. The van der Waals surface area contributed by atoms with Gasteiger partial charge in [-0.15, -0.1) is 0 Å². The van der Waals surface area contributed by atoms with Crippen molar-refractivity contribution in [3.05, 3.63) is 54.5 Å². The lowest BCUT2D eigenvalue weighted by Crippen LogP contribution is -2.92. The van der Waals surface area contributed by atoms with E-state index in [4.69, 9.17) is 4.42 Å². The van der Waals surface area contributed by atoms with Gasteiger partial charge in [-0.25, -0.2) is 13.1 Å². The Balaban J connectivity index is 1.66. The third-order valence-corrected chi connectivity index (χ3v) is 5.89. The molecule has 0 radical (unpaired) electrons. The number of quaternary nitrogens is 1. The van der Waals surface area contributed by atoms with Crippen LogP contribution in [0.2, 0.25) is 0 Å². The molecule has 0 unspecified atom stereocenters. The molecule has 2 atom stereocenters. The van der Waals surface area contributed by atoms with Gasteiger partial charge >= 0.3 is 0 Å². The van der Waals surface area contributed by atoms with Crippen molar-refractivity contribution in [2.24, 2.45) is 0 Å². The Morgan fingerprint density at radius 3 is 2.61 bits per heavy atom. The maximum absolute atomic E-state index is 12.5. The van der Waals surface area contributed by atoms with Crippen molar-refractivity contribution in [1.29, 1.82) is 0 Å². The molecule has 1 saturated carbocycles. The molecular formula is C17H23N2O3S+. The van der Waals surface area contributed by atoms with E-state index in [1.807, 2.05) is 18.2 Å². The average Bonchev–Trinajstić information content (AvgIpc) is 3.08. The van der Waals surface area contributed by atoms with E-state index in [9.17, 15) is 8.42 Å². The second kappa shape index (κ2) is 7.29. The van der Waals surface area contributed by atoms with Crippen LogP contribution in [0, 0.1) is 0 Å². The van der Waals surface area contributed by atoms with E-state index in [1.165, 1.54) is 0 Å². The van der Waals surface area contributed by atoms with Crippen LogP contribution in [-0.2, 0) is 16.6 Å². The molecule has 23 heavy (non-hydrogen) atoms. The van der Waals surface area contributed by atoms with Gasteiger partial charge in [-0.1, -0.05) is 24.6 Å². The van der Waals surface area contributed by atoms with Crippen LogP contribution in [-0.4, -0.2) is 20.5 Å². The minimum Gasteiger partial charge on any atom is -0.463 e. The molecule has 0 spiro atoms. The Bertz CT molecular complexity index is 699. The summed E-state index contributed by atoms with van der Waals surface area (Å²) in [6.45, 7) is 0.737. The van der Waals surface area contributed by atoms with Gasteiger partial charge in [-0.05, 0) is 37.1 Å². The zero-order chi connectivity index (χ0) is 16.1. The molecule has 0 aliphatic heterocycles. The highest BCUT2D eigenvalue weighted by Gasteiger charge is 2.31. The SMILES string of the molecule is O=S(=O)(N[C@H]1CCCC[C@@H]1[NH2+]Cc1ccco1)c1ccccc1. The second-order valence-electron chi connectivity index (χ2n) is 6.01. The summed E-state index contributed by atoms with van der Waals surface area (Å²) in [6.07, 6.45) is 5.77. The standard InChI is InChI=1S/C17H22N2O3S/c20-23(21,15-8-2-1-3-9-15)19-17-11-5-4-10-16(17)18-13-14-7-6-12-22-14/h1-3,6-9,12,16-19H,4-5,10-11,13H2/p+1/t16-,17-/m0/s1. The Morgan fingerprint density at radius 2 is 1.87 bits per heavy atom.